The summed E-state index contributed by atoms with van der Waals surface area (Å²) in [6.07, 6.45) is 1.57. The Morgan fingerprint density at radius 1 is 1.53 bits per heavy atom. The molecule has 0 saturated heterocycles. The third kappa shape index (κ3) is 1.69. The molecule has 0 unspecified atom stereocenters. The molecule has 1 heterocycles. The molecule has 2 atom stereocenters. The molecule has 1 aromatic rings. The summed E-state index contributed by atoms with van der Waals surface area (Å²) in [6, 6.07) is 7.64. The van der Waals surface area contributed by atoms with Crippen LogP contribution in [0.15, 0.2) is 29.4 Å². The Bertz CT molecular complexity index is 570. The lowest BCUT2D eigenvalue weighted by Gasteiger charge is -2.43. The van der Waals surface area contributed by atoms with Crippen LogP contribution in [-0.2, 0) is 16.1 Å². The van der Waals surface area contributed by atoms with E-state index >= 15 is 0 Å². The minimum atomic E-state index is -1.39. The topological polar surface area (TPSA) is 62.1 Å². The van der Waals surface area contributed by atoms with Crippen LogP contribution >= 0.6 is 0 Å². The zero-order valence-corrected chi connectivity index (χ0v) is 11.0. The number of oxime groups is 1. The van der Waals surface area contributed by atoms with Crippen LogP contribution in [0.25, 0.3) is 0 Å². The Hall–Kier alpha value is -1.72. The van der Waals surface area contributed by atoms with Crippen molar-refractivity contribution in [1.29, 1.82) is 0 Å². The van der Waals surface area contributed by atoms with Gasteiger partial charge < -0.3 is 10.0 Å². The van der Waals surface area contributed by atoms with Gasteiger partial charge in [0, 0.05) is 19.4 Å². The van der Waals surface area contributed by atoms with Gasteiger partial charge in [0.25, 0.3) is 5.72 Å². The van der Waals surface area contributed by atoms with E-state index in [1.807, 2.05) is 18.2 Å². The predicted molar refractivity (Wildman–Crippen MR) is 68.9 cm³/mol. The maximum absolute atomic E-state index is 11.7. The van der Waals surface area contributed by atoms with Crippen LogP contribution in [0.2, 0.25) is 0 Å². The number of Topliss-reactive ketones (excluding diaryl/α,β-unsaturated/α-hetero) is 1. The van der Waals surface area contributed by atoms with E-state index in [1.54, 1.807) is 0 Å². The number of carbonyl (C=O) groups is 1. The van der Waals surface area contributed by atoms with E-state index in [-0.39, 0.29) is 11.8 Å². The lowest BCUT2D eigenvalue weighted by atomic mass is 9.85. The van der Waals surface area contributed by atoms with E-state index in [0.717, 1.165) is 23.5 Å². The quantitative estimate of drug-likeness (QED) is 0.835. The van der Waals surface area contributed by atoms with E-state index in [1.165, 1.54) is 19.4 Å². The summed E-state index contributed by atoms with van der Waals surface area (Å²) in [4.78, 5) is 16.9. The summed E-state index contributed by atoms with van der Waals surface area (Å²) in [5.74, 6) is -0.267. The highest BCUT2D eigenvalue weighted by molar-refractivity contribution is 6.07. The van der Waals surface area contributed by atoms with Crippen molar-refractivity contribution in [3.8, 4) is 0 Å². The van der Waals surface area contributed by atoms with E-state index in [2.05, 4.69) is 11.2 Å². The molecule has 5 heteroatoms. The lowest BCUT2D eigenvalue weighted by molar-refractivity contribution is -0.280. The minimum absolute atomic E-state index is 0.267. The normalized spacial score (nSPS) is 29.8. The van der Waals surface area contributed by atoms with E-state index < -0.39 is 5.72 Å². The average molecular weight is 260 g/mol. The highest BCUT2D eigenvalue weighted by atomic mass is 16.7. The summed E-state index contributed by atoms with van der Waals surface area (Å²) in [6.45, 7) is 2.93. The zero-order chi connectivity index (χ0) is 13.6. The number of carbonyl (C=O) groups excluding carboxylic acids is 1. The molecular weight excluding hydrogens is 244 g/mol. The molecule has 19 heavy (non-hydrogen) atoms. The Morgan fingerprint density at radius 2 is 2.26 bits per heavy atom. The molecule has 0 radical (unpaired) electrons. The molecular formula is C14H16N2O3. The molecule has 3 rings (SSSR count). The molecule has 1 aliphatic heterocycles. The average Bonchev–Trinajstić information content (AvgIpc) is 2.42. The Balaban J connectivity index is 2.06. The van der Waals surface area contributed by atoms with Gasteiger partial charge >= 0.3 is 0 Å². The first-order valence-electron chi connectivity index (χ1n) is 6.37. The largest absolute Gasteiger partial charge is 0.363 e. The number of fused-ring (bicyclic) bond motifs is 3. The standard InChI is InChI=1S/C14H16N2O3/c1-9(17)14(2)16(18)12-8-7-10-5-3-4-6-11(10)13(12)15-19-14/h3-6,12,18H,7-8H2,1-2H3/t12-,14-/m1/s1. The molecule has 1 aliphatic carbocycles. The molecule has 0 fully saturated rings. The summed E-state index contributed by atoms with van der Waals surface area (Å²) < 4.78 is 0. The molecule has 0 saturated carbocycles. The lowest BCUT2D eigenvalue weighted by Crippen LogP contribution is -2.61. The van der Waals surface area contributed by atoms with Gasteiger partial charge in [0.2, 0.25) is 0 Å². The second kappa shape index (κ2) is 4.15. The van der Waals surface area contributed by atoms with Gasteiger partial charge in [0.15, 0.2) is 5.78 Å². The second-order valence-electron chi connectivity index (χ2n) is 5.16. The second-order valence-corrected chi connectivity index (χ2v) is 5.16. The van der Waals surface area contributed by atoms with Gasteiger partial charge in [0.05, 0.1) is 6.04 Å². The zero-order valence-electron chi connectivity index (χ0n) is 11.0. The van der Waals surface area contributed by atoms with Crippen molar-refractivity contribution in [2.24, 2.45) is 5.16 Å². The molecule has 0 aromatic heterocycles. The third-order valence-corrected chi connectivity index (χ3v) is 4.00. The molecule has 1 N–H and O–H groups in total. The van der Waals surface area contributed by atoms with Gasteiger partial charge in [-0.25, -0.2) is 0 Å². The van der Waals surface area contributed by atoms with Crippen LogP contribution in [-0.4, -0.2) is 33.5 Å². The molecule has 1 aromatic carbocycles. The first-order valence-corrected chi connectivity index (χ1v) is 6.37. The monoisotopic (exact) mass is 260 g/mol. The van der Waals surface area contributed by atoms with Gasteiger partial charge in [-0.3, -0.25) is 4.79 Å². The molecule has 2 aliphatic rings. The van der Waals surface area contributed by atoms with Gasteiger partial charge in [-0.15, -0.1) is 5.06 Å². The first-order chi connectivity index (χ1) is 9.04. The summed E-state index contributed by atoms with van der Waals surface area (Å²) in [5, 5.41) is 15.4. The van der Waals surface area contributed by atoms with E-state index in [9.17, 15) is 10.0 Å². The number of nitrogens with zero attached hydrogens (tertiary/aromatic N) is 2. The first kappa shape index (κ1) is 12.3. The van der Waals surface area contributed by atoms with Crippen LogP contribution in [0.3, 0.4) is 0 Å². The molecule has 0 amide bonds. The fourth-order valence-electron chi connectivity index (χ4n) is 2.65. The van der Waals surface area contributed by atoms with Crippen LogP contribution in [0, 0.1) is 0 Å². The van der Waals surface area contributed by atoms with E-state index in [0.29, 0.717) is 5.71 Å². The van der Waals surface area contributed by atoms with Gasteiger partial charge in [-0.1, -0.05) is 29.4 Å². The number of aryl methyl sites for hydroxylation is 1. The Morgan fingerprint density at radius 3 is 3.00 bits per heavy atom. The van der Waals surface area contributed by atoms with Crippen molar-refractivity contribution in [3.63, 3.8) is 0 Å². The molecule has 0 spiro atoms. The van der Waals surface area contributed by atoms with Gasteiger partial charge in [-0.2, -0.15) is 0 Å². The number of hydroxylamine groups is 2. The van der Waals surface area contributed by atoms with Crippen molar-refractivity contribution >= 4 is 11.5 Å². The number of hydrogen-bond donors (Lipinski definition) is 1. The highest BCUT2D eigenvalue weighted by Gasteiger charge is 2.49. The van der Waals surface area contributed by atoms with Crippen molar-refractivity contribution in [2.45, 2.75) is 38.5 Å². The van der Waals surface area contributed by atoms with Gasteiger partial charge in [0.1, 0.15) is 5.71 Å². The Labute approximate surface area is 111 Å². The van der Waals surface area contributed by atoms with Gasteiger partial charge in [-0.05, 0) is 18.4 Å². The smallest absolute Gasteiger partial charge is 0.268 e. The number of hydrogen-bond acceptors (Lipinski definition) is 5. The molecule has 0 bridgehead atoms. The van der Waals surface area contributed by atoms with Crippen LogP contribution in [0.5, 0.6) is 0 Å². The molecule has 100 valence electrons. The summed E-state index contributed by atoms with van der Waals surface area (Å²) in [7, 11) is 0. The third-order valence-electron chi connectivity index (χ3n) is 4.00. The van der Waals surface area contributed by atoms with Crippen molar-refractivity contribution in [2.75, 3.05) is 0 Å². The van der Waals surface area contributed by atoms with Crippen molar-refractivity contribution in [1.82, 2.24) is 5.06 Å². The van der Waals surface area contributed by atoms with Crippen LogP contribution < -0.4 is 0 Å². The van der Waals surface area contributed by atoms with Crippen molar-refractivity contribution in [3.05, 3.63) is 35.4 Å². The summed E-state index contributed by atoms with van der Waals surface area (Å²) >= 11 is 0. The van der Waals surface area contributed by atoms with Crippen LogP contribution in [0.1, 0.15) is 31.4 Å². The van der Waals surface area contributed by atoms with E-state index in [4.69, 9.17) is 4.84 Å². The number of rotatable bonds is 1. The predicted octanol–water partition coefficient (Wildman–Crippen LogP) is 1.73. The number of benzene rings is 1. The fraction of sp³-hybridized carbons (Fsp3) is 0.429. The molecule has 5 nitrogen and oxygen atoms in total. The summed E-state index contributed by atoms with van der Waals surface area (Å²) in [5.41, 5.74) is 1.49. The van der Waals surface area contributed by atoms with Crippen molar-refractivity contribution < 1.29 is 14.8 Å². The maximum atomic E-state index is 11.7. The fourth-order valence-corrected chi connectivity index (χ4v) is 2.65. The number of ketones is 1. The SMILES string of the molecule is CC(=O)[C@@]1(C)ON=C2c3ccccc3CC[C@H]2N1O. The highest BCUT2D eigenvalue weighted by Crippen LogP contribution is 2.33. The van der Waals surface area contributed by atoms with Crippen LogP contribution in [0.4, 0.5) is 0 Å². The Kier molecular flexibility index (Phi) is 2.69. The maximum Gasteiger partial charge on any atom is 0.268 e. The minimum Gasteiger partial charge on any atom is -0.363 e.